The third-order valence-corrected chi connectivity index (χ3v) is 4.61. The van der Waals surface area contributed by atoms with Crippen LogP contribution in [0.4, 0.5) is 0 Å². The highest BCUT2D eigenvalue weighted by Gasteiger charge is 2.09. The number of carbonyl (C=O) groups excluding carboxylic acids is 1. The number of nitrogens with one attached hydrogen (secondary N) is 1. The van der Waals surface area contributed by atoms with Gasteiger partial charge >= 0.3 is 0 Å². The van der Waals surface area contributed by atoms with E-state index in [-0.39, 0.29) is 12.5 Å². The molecule has 2 aromatic carbocycles. The van der Waals surface area contributed by atoms with E-state index in [1.165, 1.54) is 5.56 Å². The average Bonchev–Trinajstić information content (AvgIpc) is 2.95. The van der Waals surface area contributed by atoms with Gasteiger partial charge in [-0.1, -0.05) is 35.9 Å². The van der Waals surface area contributed by atoms with Crippen molar-refractivity contribution in [3.05, 3.63) is 82.7 Å². The van der Waals surface area contributed by atoms with Gasteiger partial charge in [-0.15, -0.1) is 0 Å². The fourth-order valence-electron chi connectivity index (χ4n) is 3.08. The van der Waals surface area contributed by atoms with Gasteiger partial charge in [-0.2, -0.15) is 5.10 Å². The molecule has 0 unspecified atom stereocenters. The lowest BCUT2D eigenvalue weighted by molar-refractivity contribution is -0.123. The van der Waals surface area contributed by atoms with Crippen molar-refractivity contribution in [2.45, 2.75) is 27.7 Å². The number of aryl methyl sites for hydroxylation is 3. The van der Waals surface area contributed by atoms with Gasteiger partial charge in [-0.3, -0.25) is 4.79 Å². The van der Waals surface area contributed by atoms with Crippen LogP contribution in [-0.2, 0) is 4.79 Å². The van der Waals surface area contributed by atoms with Crippen molar-refractivity contribution >= 4 is 12.1 Å². The molecule has 28 heavy (non-hydrogen) atoms. The largest absolute Gasteiger partial charge is 0.483 e. The maximum atomic E-state index is 12.0. The van der Waals surface area contributed by atoms with Crippen LogP contribution in [0.15, 0.2) is 59.7 Å². The van der Waals surface area contributed by atoms with Gasteiger partial charge in [-0.05, 0) is 57.5 Å². The topological polar surface area (TPSA) is 55.6 Å². The van der Waals surface area contributed by atoms with E-state index < -0.39 is 0 Å². The molecular weight excluding hydrogens is 350 g/mol. The van der Waals surface area contributed by atoms with Crippen molar-refractivity contribution in [3.63, 3.8) is 0 Å². The number of rotatable bonds is 6. The monoisotopic (exact) mass is 375 g/mol. The molecule has 0 bridgehead atoms. The highest BCUT2D eigenvalue weighted by atomic mass is 16.5. The van der Waals surface area contributed by atoms with E-state index in [0.717, 1.165) is 28.2 Å². The zero-order chi connectivity index (χ0) is 20.1. The van der Waals surface area contributed by atoms with E-state index in [2.05, 4.69) is 59.3 Å². The van der Waals surface area contributed by atoms with Crippen LogP contribution in [0.5, 0.6) is 5.75 Å². The standard InChI is InChI=1S/C23H25N3O2/c1-16-9-11-21(12-10-16)26-18(3)13-20(19(26)4)14-24-25-23(27)15-28-22-8-6-5-7-17(22)2/h5-14H,15H2,1-4H3,(H,25,27)/b24-14+. The van der Waals surface area contributed by atoms with E-state index in [4.69, 9.17) is 4.74 Å². The van der Waals surface area contributed by atoms with Gasteiger partial charge in [0, 0.05) is 22.6 Å². The molecule has 5 heteroatoms. The summed E-state index contributed by atoms with van der Waals surface area (Å²) < 4.78 is 7.70. The number of hydrazone groups is 1. The van der Waals surface area contributed by atoms with Gasteiger partial charge < -0.3 is 9.30 Å². The summed E-state index contributed by atoms with van der Waals surface area (Å²) in [5.74, 6) is 0.398. The van der Waals surface area contributed by atoms with Gasteiger partial charge in [0.15, 0.2) is 6.61 Å². The van der Waals surface area contributed by atoms with E-state index in [9.17, 15) is 4.79 Å². The summed E-state index contributed by atoms with van der Waals surface area (Å²) in [6, 6.07) is 18.0. The minimum atomic E-state index is -0.299. The van der Waals surface area contributed by atoms with Crippen molar-refractivity contribution in [1.82, 2.24) is 9.99 Å². The lowest BCUT2D eigenvalue weighted by Crippen LogP contribution is -2.24. The Morgan fingerprint density at radius 3 is 2.50 bits per heavy atom. The molecule has 0 aliphatic carbocycles. The summed E-state index contributed by atoms with van der Waals surface area (Å²) in [4.78, 5) is 12.0. The predicted octanol–water partition coefficient (Wildman–Crippen LogP) is 4.24. The lowest BCUT2D eigenvalue weighted by atomic mass is 10.2. The Morgan fingerprint density at radius 2 is 1.79 bits per heavy atom. The minimum absolute atomic E-state index is 0.0788. The van der Waals surface area contributed by atoms with Crippen molar-refractivity contribution in [1.29, 1.82) is 0 Å². The summed E-state index contributed by atoms with van der Waals surface area (Å²) in [6.07, 6.45) is 1.67. The molecule has 0 saturated heterocycles. The number of hydrogen-bond acceptors (Lipinski definition) is 3. The first-order valence-corrected chi connectivity index (χ1v) is 9.22. The molecule has 0 atom stereocenters. The number of hydrogen-bond donors (Lipinski definition) is 1. The zero-order valence-electron chi connectivity index (χ0n) is 16.7. The fraction of sp³-hybridized carbons (Fsp3) is 0.217. The van der Waals surface area contributed by atoms with E-state index >= 15 is 0 Å². The van der Waals surface area contributed by atoms with Crippen molar-refractivity contribution < 1.29 is 9.53 Å². The SMILES string of the molecule is Cc1ccc(-n2c(C)cc(/C=N/NC(=O)COc3ccccc3C)c2C)cc1. The quantitative estimate of drug-likeness (QED) is 0.517. The fourth-order valence-corrected chi connectivity index (χ4v) is 3.08. The van der Waals surface area contributed by atoms with Gasteiger partial charge in [0.25, 0.3) is 5.91 Å². The van der Waals surface area contributed by atoms with E-state index in [1.807, 2.05) is 38.1 Å². The smallest absolute Gasteiger partial charge is 0.277 e. The highest BCUT2D eigenvalue weighted by Crippen LogP contribution is 2.20. The Hall–Kier alpha value is -3.34. The van der Waals surface area contributed by atoms with Crippen molar-refractivity contribution in [2.75, 3.05) is 6.61 Å². The summed E-state index contributed by atoms with van der Waals surface area (Å²) in [6.45, 7) is 8.03. The Bertz CT molecular complexity index is 1000. The van der Waals surface area contributed by atoms with Crippen LogP contribution in [0.25, 0.3) is 5.69 Å². The first-order valence-electron chi connectivity index (χ1n) is 9.22. The first-order chi connectivity index (χ1) is 13.5. The van der Waals surface area contributed by atoms with Crippen molar-refractivity contribution in [2.24, 2.45) is 5.10 Å². The van der Waals surface area contributed by atoms with Crippen LogP contribution in [0.1, 0.15) is 28.1 Å². The molecule has 0 aliphatic rings. The third kappa shape index (κ3) is 4.49. The number of carbonyl (C=O) groups is 1. The Morgan fingerprint density at radius 1 is 1.07 bits per heavy atom. The number of nitrogens with zero attached hydrogens (tertiary/aromatic N) is 2. The Labute approximate surface area is 165 Å². The Kier molecular flexibility index (Phi) is 5.94. The highest BCUT2D eigenvalue weighted by molar-refractivity contribution is 5.84. The normalized spacial score (nSPS) is 11.0. The summed E-state index contributed by atoms with van der Waals surface area (Å²) in [5, 5.41) is 4.08. The van der Waals surface area contributed by atoms with E-state index in [1.54, 1.807) is 6.21 Å². The lowest BCUT2D eigenvalue weighted by Gasteiger charge is -2.09. The van der Waals surface area contributed by atoms with Crippen LogP contribution in [-0.4, -0.2) is 23.3 Å². The molecule has 0 fully saturated rings. The molecular formula is C23H25N3O2. The summed E-state index contributed by atoms with van der Waals surface area (Å²) in [7, 11) is 0. The van der Waals surface area contributed by atoms with Crippen molar-refractivity contribution in [3.8, 4) is 11.4 Å². The molecule has 0 aliphatic heterocycles. The first kappa shape index (κ1) is 19.4. The van der Waals surface area contributed by atoms with Gasteiger partial charge in [0.05, 0.1) is 6.21 Å². The summed E-state index contributed by atoms with van der Waals surface area (Å²) >= 11 is 0. The molecule has 3 rings (SSSR count). The summed E-state index contributed by atoms with van der Waals surface area (Å²) in [5.41, 5.74) is 8.97. The van der Waals surface area contributed by atoms with Crippen LogP contribution >= 0.6 is 0 Å². The second kappa shape index (κ2) is 8.57. The molecule has 1 aromatic heterocycles. The molecule has 0 saturated carbocycles. The molecule has 5 nitrogen and oxygen atoms in total. The second-order valence-electron chi connectivity index (χ2n) is 6.84. The van der Waals surface area contributed by atoms with Gasteiger partial charge in [0.2, 0.25) is 0 Å². The van der Waals surface area contributed by atoms with Crippen LogP contribution < -0.4 is 10.2 Å². The van der Waals surface area contributed by atoms with Gasteiger partial charge in [0.1, 0.15) is 5.75 Å². The van der Waals surface area contributed by atoms with Crippen LogP contribution in [0.2, 0.25) is 0 Å². The molecule has 3 aromatic rings. The van der Waals surface area contributed by atoms with Crippen LogP contribution in [0, 0.1) is 27.7 Å². The molecule has 0 radical (unpaired) electrons. The second-order valence-corrected chi connectivity index (χ2v) is 6.84. The molecule has 1 N–H and O–H groups in total. The average molecular weight is 375 g/mol. The molecule has 1 amide bonds. The van der Waals surface area contributed by atoms with Crippen LogP contribution in [0.3, 0.4) is 0 Å². The maximum absolute atomic E-state index is 12.0. The van der Waals surface area contributed by atoms with E-state index in [0.29, 0.717) is 5.75 Å². The number of para-hydroxylation sites is 1. The number of amides is 1. The minimum Gasteiger partial charge on any atom is -0.483 e. The number of ether oxygens (including phenoxy) is 1. The number of benzene rings is 2. The zero-order valence-corrected chi connectivity index (χ0v) is 16.7. The Balaban J connectivity index is 1.63. The third-order valence-electron chi connectivity index (χ3n) is 4.61. The predicted molar refractivity (Wildman–Crippen MR) is 112 cm³/mol. The maximum Gasteiger partial charge on any atom is 0.277 e. The molecule has 1 heterocycles. The molecule has 0 spiro atoms. The molecule has 144 valence electrons. The number of aromatic nitrogens is 1. The van der Waals surface area contributed by atoms with Gasteiger partial charge in [-0.25, -0.2) is 5.43 Å².